The second-order valence-corrected chi connectivity index (χ2v) is 14.5. The number of carbonyl (C=O) groups is 2. The molecule has 11 nitrogen and oxygen atoms in total. The zero-order chi connectivity index (χ0) is 31.9. The van der Waals surface area contributed by atoms with Crippen molar-refractivity contribution in [1.29, 1.82) is 0 Å². The number of H-pyrrole nitrogens is 1. The molecule has 240 valence electrons. The Kier molecular flexibility index (Phi) is 8.50. The summed E-state index contributed by atoms with van der Waals surface area (Å²) in [5.74, 6) is -2.97. The Bertz CT molecular complexity index is 1710. The summed E-state index contributed by atoms with van der Waals surface area (Å²) >= 11 is 0. The van der Waals surface area contributed by atoms with Crippen LogP contribution in [0.3, 0.4) is 0 Å². The van der Waals surface area contributed by atoms with Crippen LogP contribution < -0.4 is 10.6 Å². The number of hydrogen-bond donors (Lipinski definition) is 3. The quantitative estimate of drug-likeness (QED) is 0.338. The molecule has 2 aromatic carbocycles. The van der Waals surface area contributed by atoms with Gasteiger partial charge in [-0.2, -0.15) is 9.40 Å². The van der Waals surface area contributed by atoms with Gasteiger partial charge in [0, 0.05) is 49.0 Å². The summed E-state index contributed by atoms with van der Waals surface area (Å²) in [6.07, 6.45) is 2.86. The summed E-state index contributed by atoms with van der Waals surface area (Å²) in [5, 5.41) is 13.0. The highest BCUT2D eigenvalue weighted by Gasteiger charge is 2.41. The van der Waals surface area contributed by atoms with E-state index in [0.29, 0.717) is 49.2 Å². The number of aromatic nitrogens is 2. The van der Waals surface area contributed by atoms with Gasteiger partial charge < -0.3 is 15.4 Å². The first-order valence-corrected chi connectivity index (χ1v) is 16.4. The lowest BCUT2D eigenvalue weighted by Crippen LogP contribution is -2.45. The van der Waals surface area contributed by atoms with Crippen LogP contribution in [0.25, 0.3) is 0 Å². The SMILES string of the molecule is CC1(C)CN(S(=O)(=O)c2cc(F)cc(F)c2)Cc2c(NC(=O)c3ccc(CN4CCCC4)cc3NC(=O)C3CCOC3)n[nH]c21. The fourth-order valence-electron chi connectivity index (χ4n) is 6.27. The first-order valence-electron chi connectivity index (χ1n) is 15.0. The molecule has 0 bridgehead atoms. The number of likely N-dealkylation sites (tertiary alicyclic amines) is 1. The first kappa shape index (κ1) is 31.3. The minimum atomic E-state index is -4.30. The third-order valence-corrected chi connectivity index (χ3v) is 10.4. The lowest BCUT2D eigenvalue weighted by atomic mass is 9.84. The molecule has 0 spiro atoms. The maximum atomic E-state index is 13.9. The van der Waals surface area contributed by atoms with Crippen LogP contribution in [0.1, 0.15) is 60.3 Å². The molecule has 3 aliphatic heterocycles. The number of benzene rings is 2. The fraction of sp³-hybridized carbons (Fsp3) is 0.452. The zero-order valence-electron chi connectivity index (χ0n) is 25.2. The van der Waals surface area contributed by atoms with Crippen molar-refractivity contribution in [2.24, 2.45) is 5.92 Å². The van der Waals surface area contributed by atoms with Crippen molar-refractivity contribution in [2.75, 3.05) is 43.5 Å². The molecule has 0 radical (unpaired) electrons. The number of fused-ring (bicyclic) bond motifs is 1. The molecule has 2 amide bonds. The van der Waals surface area contributed by atoms with E-state index >= 15 is 0 Å². The summed E-state index contributed by atoms with van der Waals surface area (Å²) in [6.45, 7) is 6.93. The van der Waals surface area contributed by atoms with Gasteiger partial charge in [0.15, 0.2) is 5.82 Å². The average molecular weight is 643 g/mol. The molecular formula is C31H36F2N6O5S. The number of sulfonamides is 1. The van der Waals surface area contributed by atoms with Gasteiger partial charge in [0.2, 0.25) is 15.9 Å². The van der Waals surface area contributed by atoms with Crippen molar-refractivity contribution in [1.82, 2.24) is 19.4 Å². The Balaban J connectivity index is 1.28. The zero-order valence-corrected chi connectivity index (χ0v) is 26.0. The van der Waals surface area contributed by atoms with E-state index in [0.717, 1.165) is 47.9 Å². The number of nitrogens with one attached hydrogen (secondary N) is 3. The Hall–Kier alpha value is -3.72. The number of rotatable bonds is 8. The van der Waals surface area contributed by atoms with E-state index in [1.54, 1.807) is 6.07 Å². The maximum Gasteiger partial charge on any atom is 0.258 e. The van der Waals surface area contributed by atoms with Crippen molar-refractivity contribution < 1.29 is 31.5 Å². The molecule has 1 atom stereocenters. The summed E-state index contributed by atoms with van der Waals surface area (Å²) in [6, 6.07) is 7.51. The second-order valence-electron chi connectivity index (χ2n) is 12.6. The molecule has 3 N–H and O–H groups in total. The lowest BCUT2D eigenvalue weighted by Gasteiger charge is -2.36. The van der Waals surface area contributed by atoms with Crippen LogP contribution in [0.2, 0.25) is 0 Å². The highest BCUT2D eigenvalue weighted by Crippen LogP contribution is 2.38. The minimum Gasteiger partial charge on any atom is -0.381 e. The Morgan fingerprint density at radius 2 is 1.82 bits per heavy atom. The number of hydrogen-bond acceptors (Lipinski definition) is 7. The number of amides is 2. The predicted molar refractivity (Wildman–Crippen MR) is 162 cm³/mol. The third-order valence-electron chi connectivity index (χ3n) is 8.65. The van der Waals surface area contributed by atoms with Gasteiger partial charge in [0.05, 0.1) is 28.7 Å². The normalized spacial score (nSPS) is 20.2. The molecule has 14 heteroatoms. The molecule has 0 saturated carbocycles. The lowest BCUT2D eigenvalue weighted by molar-refractivity contribution is -0.119. The molecule has 3 aromatic rings. The van der Waals surface area contributed by atoms with Gasteiger partial charge in [-0.25, -0.2) is 17.2 Å². The Morgan fingerprint density at radius 1 is 1.09 bits per heavy atom. The topological polar surface area (TPSA) is 137 Å². The molecule has 45 heavy (non-hydrogen) atoms. The Morgan fingerprint density at radius 3 is 2.51 bits per heavy atom. The summed E-state index contributed by atoms with van der Waals surface area (Å²) in [4.78, 5) is 28.6. The van der Waals surface area contributed by atoms with E-state index in [9.17, 15) is 26.8 Å². The van der Waals surface area contributed by atoms with Gasteiger partial charge in [-0.15, -0.1) is 0 Å². The van der Waals surface area contributed by atoms with Crippen LogP contribution in [-0.2, 0) is 38.1 Å². The van der Waals surface area contributed by atoms with Gasteiger partial charge in [-0.1, -0.05) is 19.9 Å². The van der Waals surface area contributed by atoms with Crippen molar-refractivity contribution in [3.8, 4) is 0 Å². The smallest absolute Gasteiger partial charge is 0.258 e. The molecule has 0 aliphatic carbocycles. The van der Waals surface area contributed by atoms with E-state index in [2.05, 4.69) is 25.7 Å². The van der Waals surface area contributed by atoms with Crippen molar-refractivity contribution in [2.45, 2.75) is 56.5 Å². The van der Waals surface area contributed by atoms with Crippen LogP contribution in [0, 0.1) is 17.6 Å². The van der Waals surface area contributed by atoms with E-state index in [1.165, 1.54) is 0 Å². The molecule has 2 fully saturated rings. The molecule has 6 rings (SSSR count). The predicted octanol–water partition coefficient (Wildman–Crippen LogP) is 3.99. The van der Waals surface area contributed by atoms with Crippen molar-refractivity contribution >= 4 is 33.3 Å². The van der Waals surface area contributed by atoms with Gasteiger partial charge in [0.25, 0.3) is 5.91 Å². The average Bonchev–Trinajstić information content (AvgIpc) is 3.76. The highest BCUT2D eigenvalue weighted by atomic mass is 32.2. The first-order chi connectivity index (χ1) is 21.4. The van der Waals surface area contributed by atoms with Gasteiger partial charge in [0.1, 0.15) is 11.6 Å². The summed E-state index contributed by atoms with van der Waals surface area (Å²) < 4.78 is 61.4. The molecule has 1 unspecified atom stereocenters. The van der Waals surface area contributed by atoms with Crippen molar-refractivity contribution in [3.05, 3.63) is 70.4 Å². The van der Waals surface area contributed by atoms with Gasteiger partial charge >= 0.3 is 0 Å². The van der Waals surface area contributed by atoms with Crippen molar-refractivity contribution in [3.63, 3.8) is 0 Å². The molecule has 3 aliphatic rings. The van der Waals surface area contributed by atoms with Gasteiger partial charge in [-0.3, -0.25) is 19.6 Å². The fourth-order valence-corrected chi connectivity index (χ4v) is 7.89. The number of nitrogens with zero attached hydrogens (tertiary/aromatic N) is 3. The number of anilines is 2. The summed E-state index contributed by atoms with van der Waals surface area (Å²) in [7, 11) is -4.30. The van der Waals surface area contributed by atoms with Crippen LogP contribution in [0.15, 0.2) is 41.3 Å². The second kappa shape index (κ2) is 12.2. The third kappa shape index (κ3) is 6.50. The summed E-state index contributed by atoms with van der Waals surface area (Å²) in [5.41, 5.74) is 1.83. The van der Waals surface area contributed by atoms with E-state index in [4.69, 9.17) is 4.74 Å². The number of halogens is 2. The molecule has 2 saturated heterocycles. The van der Waals surface area contributed by atoms with Gasteiger partial charge in [-0.05, 0) is 62.2 Å². The number of carbonyl (C=O) groups excluding carboxylic acids is 2. The largest absolute Gasteiger partial charge is 0.381 e. The maximum absolute atomic E-state index is 13.9. The monoisotopic (exact) mass is 642 g/mol. The van der Waals surface area contributed by atoms with Crippen LogP contribution in [-0.4, -0.2) is 72.5 Å². The number of aromatic amines is 1. The molecule has 4 heterocycles. The molecule has 1 aromatic heterocycles. The highest BCUT2D eigenvalue weighted by molar-refractivity contribution is 7.89. The standard InChI is InChI=1S/C31H36F2N6O5S/c1-31(2)18-39(45(42,43)23-13-21(32)12-22(33)14-23)16-25-27(31)36-37-28(25)35-30(41)24-6-5-19(15-38-8-3-4-9-38)11-26(24)34-29(40)20-7-10-44-17-20/h5-6,11-14,20H,3-4,7-10,15-18H2,1-2H3,(H,34,40)(H2,35,36,37,41). The van der Waals surface area contributed by atoms with E-state index in [1.807, 2.05) is 26.0 Å². The molecular weight excluding hydrogens is 606 g/mol. The van der Waals surface area contributed by atoms with Crippen LogP contribution in [0.4, 0.5) is 20.3 Å². The van der Waals surface area contributed by atoms with E-state index in [-0.39, 0.29) is 36.3 Å². The minimum absolute atomic E-state index is 0.00951. The number of ether oxygens (including phenoxy) is 1. The van der Waals surface area contributed by atoms with Crippen LogP contribution >= 0.6 is 0 Å². The Labute approximate surface area is 260 Å². The van der Waals surface area contributed by atoms with Crippen LogP contribution in [0.5, 0.6) is 0 Å². The van der Waals surface area contributed by atoms with E-state index < -0.39 is 37.9 Å².